The van der Waals surface area contributed by atoms with Gasteiger partial charge in [-0.1, -0.05) is 30.0 Å². The van der Waals surface area contributed by atoms with Gasteiger partial charge in [0.15, 0.2) is 0 Å². The Kier molecular flexibility index (Phi) is 5.28. The maximum absolute atomic E-state index is 5.78. The van der Waals surface area contributed by atoms with Gasteiger partial charge >= 0.3 is 0 Å². The third-order valence-corrected chi connectivity index (χ3v) is 2.64. The Labute approximate surface area is 118 Å². The molecule has 1 heterocycles. The third kappa shape index (κ3) is 4.31. The number of alkyl halides is 1. The van der Waals surface area contributed by atoms with Crippen LogP contribution in [0, 0.1) is 11.8 Å². The van der Waals surface area contributed by atoms with Crippen LogP contribution in [0.4, 0.5) is 0 Å². The molecule has 0 N–H and O–H groups in total. The van der Waals surface area contributed by atoms with E-state index in [4.69, 9.17) is 16.3 Å². The van der Waals surface area contributed by atoms with E-state index in [1.807, 2.05) is 36.4 Å². The quantitative estimate of drug-likeness (QED) is 0.626. The van der Waals surface area contributed by atoms with Crippen LogP contribution < -0.4 is 4.74 Å². The molecule has 2 nitrogen and oxygen atoms in total. The topological polar surface area (TPSA) is 22.1 Å². The molecule has 0 spiro atoms. The molecule has 0 bridgehead atoms. The first-order chi connectivity index (χ1) is 9.40. The van der Waals surface area contributed by atoms with Crippen molar-refractivity contribution in [1.29, 1.82) is 0 Å². The van der Waals surface area contributed by atoms with Crippen LogP contribution in [-0.2, 0) is 6.61 Å². The van der Waals surface area contributed by atoms with Gasteiger partial charge < -0.3 is 4.74 Å². The summed E-state index contributed by atoms with van der Waals surface area (Å²) in [5.74, 6) is 7.42. The molecule has 2 aromatic rings. The van der Waals surface area contributed by atoms with Crippen LogP contribution in [0.3, 0.4) is 0 Å². The lowest BCUT2D eigenvalue weighted by Gasteiger charge is -2.07. The van der Waals surface area contributed by atoms with E-state index in [9.17, 15) is 0 Å². The molecule has 1 aromatic carbocycles. The van der Waals surface area contributed by atoms with Crippen molar-refractivity contribution in [3.63, 3.8) is 0 Å². The van der Waals surface area contributed by atoms with Crippen LogP contribution in [0.25, 0.3) is 0 Å². The number of para-hydroxylation sites is 1. The van der Waals surface area contributed by atoms with Crippen molar-refractivity contribution in [2.75, 3.05) is 5.88 Å². The summed E-state index contributed by atoms with van der Waals surface area (Å²) in [4.78, 5) is 4.06. The smallest absolute Gasteiger partial charge is 0.135 e. The summed E-state index contributed by atoms with van der Waals surface area (Å²) >= 11 is 5.61. The van der Waals surface area contributed by atoms with Gasteiger partial charge in [0.05, 0.1) is 5.56 Å². The van der Waals surface area contributed by atoms with E-state index in [0.29, 0.717) is 18.9 Å². The zero-order valence-corrected chi connectivity index (χ0v) is 11.2. The Bertz CT molecular complexity index is 572. The summed E-state index contributed by atoms with van der Waals surface area (Å²) in [6.45, 7) is 0.488. The Hall–Kier alpha value is -1.98. The number of halogens is 1. The average molecular weight is 272 g/mol. The van der Waals surface area contributed by atoms with Gasteiger partial charge in [0.1, 0.15) is 12.4 Å². The van der Waals surface area contributed by atoms with Gasteiger partial charge in [-0.15, -0.1) is 11.6 Å². The van der Waals surface area contributed by atoms with Crippen LogP contribution in [-0.4, -0.2) is 10.9 Å². The van der Waals surface area contributed by atoms with E-state index in [0.717, 1.165) is 16.9 Å². The van der Waals surface area contributed by atoms with Gasteiger partial charge in [0.2, 0.25) is 0 Å². The fraction of sp³-hybridized carbons (Fsp3) is 0.188. The minimum Gasteiger partial charge on any atom is -0.488 e. The summed E-state index contributed by atoms with van der Waals surface area (Å²) < 4.78 is 5.78. The summed E-state index contributed by atoms with van der Waals surface area (Å²) in [7, 11) is 0. The molecule has 0 aliphatic carbocycles. The molecule has 19 heavy (non-hydrogen) atoms. The monoisotopic (exact) mass is 271 g/mol. The molecule has 0 saturated heterocycles. The van der Waals surface area contributed by atoms with E-state index in [2.05, 4.69) is 16.8 Å². The second kappa shape index (κ2) is 7.45. The zero-order valence-electron chi connectivity index (χ0n) is 10.5. The highest BCUT2D eigenvalue weighted by Crippen LogP contribution is 2.18. The van der Waals surface area contributed by atoms with Gasteiger partial charge in [-0.25, -0.2) is 0 Å². The normalized spacial score (nSPS) is 9.53. The first-order valence-electron chi connectivity index (χ1n) is 6.05. The molecule has 96 valence electrons. The van der Waals surface area contributed by atoms with Crippen LogP contribution in [0.2, 0.25) is 0 Å². The van der Waals surface area contributed by atoms with Crippen molar-refractivity contribution in [2.45, 2.75) is 13.0 Å². The molecule has 0 fully saturated rings. The third-order valence-electron chi connectivity index (χ3n) is 2.45. The van der Waals surface area contributed by atoms with Crippen LogP contribution >= 0.6 is 11.6 Å². The maximum atomic E-state index is 5.78. The number of hydrogen-bond acceptors (Lipinski definition) is 2. The van der Waals surface area contributed by atoms with Gasteiger partial charge in [0.25, 0.3) is 0 Å². The summed E-state index contributed by atoms with van der Waals surface area (Å²) in [6, 6.07) is 11.6. The van der Waals surface area contributed by atoms with E-state index in [1.165, 1.54) is 0 Å². The van der Waals surface area contributed by atoms with Crippen molar-refractivity contribution in [1.82, 2.24) is 4.98 Å². The van der Waals surface area contributed by atoms with Crippen molar-refractivity contribution < 1.29 is 4.74 Å². The number of aromatic nitrogens is 1. The summed E-state index contributed by atoms with van der Waals surface area (Å²) in [5.41, 5.74) is 1.92. The summed E-state index contributed by atoms with van der Waals surface area (Å²) in [5, 5.41) is 0. The predicted octanol–water partition coefficient (Wildman–Crippen LogP) is 3.64. The van der Waals surface area contributed by atoms with Gasteiger partial charge in [0, 0.05) is 30.3 Å². The molecule has 3 heteroatoms. The number of ether oxygens (including phenoxy) is 1. The van der Waals surface area contributed by atoms with E-state index < -0.39 is 0 Å². The highest BCUT2D eigenvalue weighted by Gasteiger charge is 2.00. The second-order valence-corrected chi connectivity index (χ2v) is 4.26. The highest BCUT2D eigenvalue weighted by molar-refractivity contribution is 6.18. The van der Waals surface area contributed by atoms with Gasteiger partial charge in [-0.3, -0.25) is 4.98 Å². The first-order valence-corrected chi connectivity index (χ1v) is 6.59. The molecular weight excluding hydrogens is 258 g/mol. The van der Waals surface area contributed by atoms with Crippen molar-refractivity contribution in [2.24, 2.45) is 0 Å². The molecular formula is C16H14ClNO. The molecule has 0 radical (unpaired) electrons. The number of pyridine rings is 1. The van der Waals surface area contributed by atoms with Crippen molar-refractivity contribution >= 4 is 11.6 Å². The number of hydrogen-bond donors (Lipinski definition) is 0. The Morgan fingerprint density at radius 1 is 1.16 bits per heavy atom. The Morgan fingerprint density at radius 2 is 2.05 bits per heavy atom. The molecule has 0 amide bonds. The molecule has 1 aromatic heterocycles. The van der Waals surface area contributed by atoms with E-state index in [1.54, 1.807) is 12.4 Å². The molecule has 0 aliphatic rings. The largest absolute Gasteiger partial charge is 0.488 e. The van der Waals surface area contributed by atoms with Crippen LogP contribution in [0.1, 0.15) is 17.5 Å². The zero-order chi connectivity index (χ0) is 13.3. The fourth-order valence-electron chi connectivity index (χ4n) is 1.55. The SMILES string of the molecule is ClCCC#Cc1ccccc1OCc1cccnc1. The van der Waals surface area contributed by atoms with Gasteiger partial charge in [-0.05, 0) is 18.2 Å². The lowest BCUT2D eigenvalue weighted by atomic mass is 10.2. The predicted molar refractivity (Wildman–Crippen MR) is 77.2 cm³/mol. The highest BCUT2D eigenvalue weighted by atomic mass is 35.5. The lowest BCUT2D eigenvalue weighted by molar-refractivity contribution is 0.305. The van der Waals surface area contributed by atoms with Crippen LogP contribution in [0.15, 0.2) is 48.8 Å². The van der Waals surface area contributed by atoms with E-state index in [-0.39, 0.29) is 0 Å². The molecule has 2 rings (SSSR count). The molecule has 0 saturated carbocycles. The van der Waals surface area contributed by atoms with E-state index >= 15 is 0 Å². The fourth-order valence-corrected chi connectivity index (χ4v) is 1.64. The van der Waals surface area contributed by atoms with Crippen LogP contribution in [0.5, 0.6) is 5.75 Å². The maximum Gasteiger partial charge on any atom is 0.135 e. The van der Waals surface area contributed by atoms with Crippen molar-refractivity contribution in [3.05, 3.63) is 59.9 Å². The molecule has 0 atom stereocenters. The number of rotatable bonds is 4. The summed E-state index contributed by atoms with van der Waals surface area (Å²) in [6.07, 6.45) is 4.22. The standard InChI is InChI=1S/C16H14ClNO/c17-10-4-3-8-15-7-1-2-9-16(15)19-13-14-6-5-11-18-12-14/h1-2,5-7,9,11-12H,4,10,13H2. The van der Waals surface area contributed by atoms with Gasteiger partial charge in [-0.2, -0.15) is 0 Å². The minimum atomic E-state index is 0.488. The Morgan fingerprint density at radius 3 is 2.84 bits per heavy atom. The molecule has 0 unspecified atom stereocenters. The molecule has 0 aliphatic heterocycles. The van der Waals surface area contributed by atoms with Crippen molar-refractivity contribution in [3.8, 4) is 17.6 Å². The second-order valence-electron chi connectivity index (χ2n) is 3.89. The first kappa shape index (κ1) is 13.5. The average Bonchev–Trinajstić information content (AvgIpc) is 2.48. The Balaban J connectivity index is 2.06. The minimum absolute atomic E-state index is 0.488. The number of nitrogens with zero attached hydrogens (tertiary/aromatic N) is 1. The number of benzene rings is 1. The lowest BCUT2D eigenvalue weighted by Crippen LogP contribution is -1.97.